The lowest BCUT2D eigenvalue weighted by molar-refractivity contribution is 0.431. The molecule has 0 unspecified atom stereocenters. The number of rotatable bonds is 9. The second-order valence-corrected chi connectivity index (χ2v) is 16.9. The Hall–Kier alpha value is -3.29. The number of fused-ring (bicyclic) bond motifs is 4. The number of aryl methyl sites for hydroxylation is 2. The molecule has 0 bridgehead atoms. The summed E-state index contributed by atoms with van der Waals surface area (Å²) in [5, 5.41) is 2.05. The van der Waals surface area contributed by atoms with E-state index in [4.69, 9.17) is 10.5 Å². The first-order valence-corrected chi connectivity index (χ1v) is 20.3. The molecule has 0 aromatic heterocycles. The number of nitrogens with zero attached hydrogens (tertiary/aromatic N) is 2. The Labute approximate surface area is 282 Å². The molecular formula is C36H43N4O6S2+. The third-order valence-electron chi connectivity index (χ3n) is 10.7. The molecule has 5 aliphatic heterocycles. The molecule has 4 N–H and O–H groups in total. The van der Waals surface area contributed by atoms with Crippen molar-refractivity contribution >= 4 is 31.4 Å². The Kier molecular flexibility index (Phi) is 8.15. The van der Waals surface area contributed by atoms with Crippen molar-refractivity contribution in [3.8, 4) is 11.5 Å². The molecule has 48 heavy (non-hydrogen) atoms. The van der Waals surface area contributed by atoms with Gasteiger partial charge in [0.05, 0.1) is 10.5 Å². The van der Waals surface area contributed by atoms with E-state index in [9.17, 15) is 21.4 Å². The summed E-state index contributed by atoms with van der Waals surface area (Å²) in [4.78, 5) is 1.82. The van der Waals surface area contributed by atoms with Crippen LogP contribution in [-0.4, -0.2) is 60.7 Å². The van der Waals surface area contributed by atoms with Crippen molar-refractivity contribution in [2.75, 3.05) is 44.2 Å². The van der Waals surface area contributed by atoms with Crippen LogP contribution in [0.4, 0.5) is 5.69 Å². The van der Waals surface area contributed by atoms with Crippen molar-refractivity contribution in [2.45, 2.75) is 80.4 Å². The average molecular weight is 692 g/mol. The van der Waals surface area contributed by atoms with Crippen LogP contribution >= 0.6 is 0 Å². The molecule has 0 saturated carbocycles. The monoisotopic (exact) mass is 691 g/mol. The van der Waals surface area contributed by atoms with Crippen molar-refractivity contribution in [1.29, 1.82) is 0 Å². The van der Waals surface area contributed by atoms with E-state index < -0.39 is 25.0 Å². The lowest BCUT2D eigenvalue weighted by Gasteiger charge is -2.39. The van der Waals surface area contributed by atoms with Crippen LogP contribution in [0, 0.1) is 0 Å². The van der Waals surface area contributed by atoms with Gasteiger partial charge in [-0.25, -0.2) is 17.7 Å². The molecule has 5 heterocycles. The number of hydrogen-bond donors (Lipinski definition) is 3. The first-order valence-electron chi connectivity index (χ1n) is 17.4. The summed E-state index contributed by atoms with van der Waals surface area (Å²) < 4.78 is 75.9. The second-order valence-electron chi connectivity index (χ2n) is 13.7. The molecule has 5 aliphatic rings. The van der Waals surface area contributed by atoms with Crippen molar-refractivity contribution in [1.82, 2.24) is 9.30 Å². The fourth-order valence-electron chi connectivity index (χ4n) is 8.63. The third-order valence-corrected chi connectivity index (χ3v) is 13.0. The molecule has 0 amide bonds. The van der Waals surface area contributed by atoms with E-state index in [1.165, 1.54) is 28.2 Å². The Morgan fingerprint density at radius 2 is 1.58 bits per heavy atom. The molecule has 0 spiro atoms. The highest BCUT2D eigenvalue weighted by molar-refractivity contribution is 7.89. The van der Waals surface area contributed by atoms with Gasteiger partial charge in [0.15, 0.2) is 0 Å². The zero-order valence-electron chi connectivity index (χ0n) is 27.2. The number of sulfonamides is 1. The van der Waals surface area contributed by atoms with Crippen molar-refractivity contribution < 1.29 is 26.1 Å². The highest BCUT2D eigenvalue weighted by Gasteiger charge is 2.37. The summed E-state index contributed by atoms with van der Waals surface area (Å²) in [6.45, 7) is 4.75. The van der Waals surface area contributed by atoms with Gasteiger partial charge in [-0.15, -0.1) is 0 Å². The smallest absolute Gasteiger partial charge is 0.295 e. The lowest BCUT2D eigenvalue weighted by Crippen LogP contribution is -2.45. The minimum Gasteiger partial charge on any atom is -0.455 e. The number of ether oxygens (including phenoxy) is 1. The predicted octanol–water partition coefficient (Wildman–Crippen LogP) is 2.78. The minimum atomic E-state index is -4.85. The Balaban J connectivity index is 1.40. The van der Waals surface area contributed by atoms with E-state index in [-0.39, 0.29) is 17.0 Å². The number of anilines is 1. The van der Waals surface area contributed by atoms with E-state index in [2.05, 4.69) is 26.3 Å². The molecule has 0 fully saturated rings. The molecule has 0 radical (unpaired) electrons. The zero-order chi connectivity index (χ0) is 33.2. The van der Waals surface area contributed by atoms with Gasteiger partial charge in [-0.1, -0.05) is 12.5 Å². The summed E-state index contributed by atoms with van der Waals surface area (Å²) in [5.41, 5.74) is 13.3. The van der Waals surface area contributed by atoms with Crippen LogP contribution in [0.15, 0.2) is 40.1 Å². The molecule has 10 nitrogen and oxygen atoms in total. The third kappa shape index (κ3) is 5.36. The number of nitrogens with one attached hydrogen (secondary N) is 1. The van der Waals surface area contributed by atoms with Gasteiger partial charge in [-0.2, -0.15) is 8.42 Å². The fourth-order valence-corrected chi connectivity index (χ4v) is 10.5. The molecular weight excluding hydrogens is 649 g/mol. The van der Waals surface area contributed by atoms with Gasteiger partial charge in [0.25, 0.3) is 10.1 Å². The van der Waals surface area contributed by atoms with Crippen LogP contribution in [0.2, 0.25) is 0 Å². The van der Waals surface area contributed by atoms with Gasteiger partial charge in [0.1, 0.15) is 29.5 Å². The average Bonchev–Trinajstić information content (AvgIpc) is 3.07. The Morgan fingerprint density at radius 3 is 2.38 bits per heavy atom. The molecule has 3 aromatic rings. The van der Waals surface area contributed by atoms with Gasteiger partial charge < -0.3 is 15.4 Å². The largest absolute Gasteiger partial charge is 0.455 e. The fraction of sp³-hybridized carbons (Fsp3) is 0.472. The minimum absolute atomic E-state index is 0.205. The molecule has 3 aromatic carbocycles. The summed E-state index contributed by atoms with van der Waals surface area (Å²) >= 11 is 0. The first-order chi connectivity index (χ1) is 23.2. The Bertz CT molecular complexity index is 2190. The zero-order valence-corrected chi connectivity index (χ0v) is 28.8. The van der Waals surface area contributed by atoms with Gasteiger partial charge in [0.2, 0.25) is 15.4 Å². The quantitative estimate of drug-likeness (QED) is 0.138. The first kappa shape index (κ1) is 31.9. The van der Waals surface area contributed by atoms with E-state index in [1.54, 1.807) is 6.07 Å². The van der Waals surface area contributed by atoms with Crippen molar-refractivity contribution in [2.24, 2.45) is 5.73 Å². The molecule has 0 atom stereocenters. The summed E-state index contributed by atoms with van der Waals surface area (Å²) in [6, 6.07) is 8.41. The summed E-state index contributed by atoms with van der Waals surface area (Å²) in [5.74, 6) is 1.51. The Morgan fingerprint density at radius 1 is 0.833 bits per heavy atom. The number of nitrogens with two attached hydrogens (primary N) is 1. The highest BCUT2D eigenvalue weighted by atomic mass is 32.2. The number of unbranched alkanes of at least 4 members (excludes halogenated alkanes) is 2. The van der Waals surface area contributed by atoms with Crippen LogP contribution in [0.5, 0.6) is 11.5 Å². The van der Waals surface area contributed by atoms with Crippen LogP contribution < -0.4 is 35.2 Å². The van der Waals surface area contributed by atoms with Gasteiger partial charge in [0, 0.05) is 71.2 Å². The normalized spacial score (nSPS) is 18.1. The van der Waals surface area contributed by atoms with E-state index in [0.29, 0.717) is 18.5 Å². The maximum atomic E-state index is 13.3. The van der Waals surface area contributed by atoms with Crippen LogP contribution in [0.25, 0.3) is 5.57 Å². The molecule has 8 rings (SSSR count). The van der Waals surface area contributed by atoms with Gasteiger partial charge in [-0.3, -0.25) is 4.55 Å². The predicted molar refractivity (Wildman–Crippen MR) is 185 cm³/mol. The standard InChI is InChI=1S/C36H42N4O6S2/c37-14-2-1-3-15-38-47(41,42)25-12-13-26(31(22-25)48(43,44)45)32-29-20-23-8-4-16-39-18-6-10-27(33(23)39)35(29)46-36-28-11-7-19-40-17-5-9-24(34(28)40)21-30(32)36/h12-13,20-22,38H,1-11,14-19,37H2/p+1. The van der Waals surface area contributed by atoms with Crippen LogP contribution in [0.3, 0.4) is 0 Å². The topological polar surface area (TPSA) is 142 Å². The molecule has 0 aliphatic carbocycles. The molecule has 0 saturated heterocycles. The number of benzene rings is 3. The number of hydrogen-bond acceptors (Lipinski definition) is 7. The maximum absolute atomic E-state index is 13.3. The van der Waals surface area contributed by atoms with E-state index in [1.807, 2.05) is 0 Å². The van der Waals surface area contributed by atoms with Gasteiger partial charge >= 0.3 is 0 Å². The lowest BCUT2D eigenvalue weighted by atomic mass is 9.82. The molecule has 12 heteroatoms. The summed E-state index contributed by atoms with van der Waals surface area (Å²) in [6.07, 6.45) is 9.79. The maximum Gasteiger partial charge on any atom is 0.295 e. The van der Waals surface area contributed by atoms with E-state index in [0.717, 1.165) is 130 Å². The van der Waals surface area contributed by atoms with Crippen molar-refractivity contribution in [3.05, 3.63) is 74.3 Å². The molecule has 254 valence electrons. The highest BCUT2D eigenvalue weighted by Crippen LogP contribution is 2.49. The SMILES string of the molecule is NCCCCCNS(=O)(=O)c1ccc(C2=c3cc4c5c(c3Oc3c2cc2c6c3CCCN6CCC2)CCC[N+]=5CCC4)c(S(=O)(=O)O)c1. The van der Waals surface area contributed by atoms with Crippen molar-refractivity contribution in [3.63, 3.8) is 0 Å². The summed E-state index contributed by atoms with van der Waals surface area (Å²) in [7, 11) is -8.89. The van der Waals surface area contributed by atoms with Gasteiger partial charge in [-0.05, 0) is 87.7 Å². The van der Waals surface area contributed by atoms with E-state index >= 15 is 0 Å². The van der Waals surface area contributed by atoms with Crippen LogP contribution in [-0.2, 0) is 45.8 Å². The van der Waals surface area contributed by atoms with Crippen LogP contribution in [0.1, 0.15) is 78.3 Å². The second kappa shape index (κ2) is 12.2.